The molecule has 2 aromatic heterocycles. The van der Waals surface area contributed by atoms with Crippen molar-refractivity contribution in [2.24, 2.45) is 0 Å². The fourth-order valence-corrected chi connectivity index (χ4v) is 1.13. The second-order valence-corrected chi connectivity index (χ2v) is 2.62. The number of aryl methyl sites for hydroxylation is 1. The van der Waals surface area contributed by atoms with Crippen LogP contribution in [0, 0.1) is 6.92 Å². The van der Waals surface area contributed by atoms with E-state index in [1.165, 1.54) is 5.56 Å². The third kappa shape index (κ3) is 1.80. The summed E-state index contributed by atoms with van der Waals surface area (Å²) in [5.74, 6) is 0. The van der Waals surface area contributed by atoms with Crippen molar-refractivity contribution in [1.29, 1.82) is 0 Å². The van der Waals surface area contributed by atoms with E-state index in [-0.39, 0.29) is 0 Å². The molecule has 0 amide bonds. The van der Waals surface area contributed by atoms with E-state index in [2.05, 4.69) is 5.10 Å². The average molecular weight is 177 g/mol. The number of hydrogen-bond acceptors (Lipinski definition) is 2. The summed E-state index contributed by atoms with van der Waals surface area (Å²) in [7, 11) is 0. The molecule has 13 heavy (non-hydrogen) atoms. The number of hydrogen-bond donors (Lipinski definition) is 1. The quantitative estimate of drug-likeness (QED) is 0.670. The minimum absolute atomic E-state index is 0.708. The van der Waals surface area contributed by atoms with Crippen LogP contribution in [-0.2, 0) is 0 Å². The Morgan fingerprint density at radius 3 is 2.77 bits per heavy atom. The molecule has 70 valence electrons. The van der Waals surface area contributed by atoms with Crippen molar-refractivity contribution in [3.8, 4) is 0 Å². The summed E-state index contributed by atoms with van der Waals surface area (Å²) in [6, 6.07) is 3.93. The zero-order chi connectivity index (χ0) is 9.84. The first-order valence-electron chi connectivity index (χ1n) is 4.47. The number of nitrogens with zero attached hydrogens (tertiary/aromatic N) is 2. The minimum atomic E-state index is 0.708. The van der Waals surface area contributed by atoms with E-state index < -0.39 is 0 Å². The summed E-state index contributed by atoms with van der Waals surface area (Å²) >= 11 is 0. The van der Waals surface area contributed by atoms with Gasteiger partial charge in [0.2, 0.25) is 0 Å². The van der Waals surface area contributed by atoms with Crippen LogP contribution in [0.2, 0.25) is 0 Å². The number of nitrogen functional groups attached to an aromatic ring is 1. The van der Waals surface area contributed by atoms with Gasteiger partial charge in [0.05, 0.1) is 17.4 Å². The fraction of sp³-hybridized carbons (Fsp3) is 0.300. The normalized spacial score (nSPS) is 9.46. The van der Waals surface area contributed by atoms with Gasteiger partial charge >= 0.3 is 0 Å². The highest BCUT2D eigenvalue weighted by atomic mass is 15.2. The summed E-state index contributed by atoms with van der Waals surface area (Å²) in [5, 5.41) is 4.09. The Bertz CT molecular complexity index is 390. The molecular formula is C10H15N3. The Balaban J connectivity index is 0.000000396. The third-order valence-corrected chi connectivity index (χ3v) is 1.75. The van der Waals surface area contributed by atoms with Gasteiger partial charge in [-0.1, -0.05) is 13.8 Å². The molecule has 2 aromatic rings. The van der Waals surface area contributed by atoms with Crippen LogP contribution in [0.1, 0.15) is 19.4 Å². The SMILES string of the molecule is CC.Cc1ccn2ncc(N)cc12. The summed E-state index contributed by atoms with van der Waals surface area (Å²) in [5.41, 5.74) is 8.56. The molecule has 3 nitrogen and oxygen atoms in total. The Morgan fingerprint density at radius 2 is 2.08 bits per heavy atom. The minimum Gasteiger partial charge on any atom is -0.397 e. The van der Waals surface area contributed by atoms with Crippen molar-refractivity contribution in [2.75, 3.05) is 5.73 Å². The maximum absolute atomic E-state index is 5.58. The Kier molecular flexibility index (Phi) is 2.90. The van der Waals surface area contributed by atoms with E-state index in [0.717, 1.165) is 5.52 Å². The van der Waals surface area contributed by atoms with Gasteiger partial charge in [0, 0.05) is 6.20 Å². The number of aromatic nitrogens is 2. The molecule has 0 fully saturated rings. The van der Waals surface area contributed by atoms with Gasteiger partial charge in [-0.05, 0) is 24.6 Å². The highest BCUT2D eigenvalue weighted by Gasteiger charge is 1.97. The van der Waals surface area contributed by atoms with E-state index in [1.807, 2.05) is 43.6 Å². The highest BCUT2D eigenvalue weighted by Crippen LogP contribution is 2.11. The van der Waals surface area contributed by atoms with Gasteiger partial charge in [-0.25, -0.2) is 4.52 Å². The molecule has 2 rings (SSSR count). The van der Waals surface area contributed by atoms with Crippen LogP contribution in [0.15, 0.2) is 24.5 Å². The molecule has 0 atom stereocenters. The van der Waals surface area contributed by atoms with Crippen LogP contribution >= 0.6 is 0 Å². The molecule has 0 radical (unpaired) electrons. The Labute approximate surface area is 78.2 Å². The van der Waals surface area contributed by atoms with Crippen LogP contribution < -0.4 is 5.73 Å². The first-order valence-corrected chi connectivity index (χ1v) is 4.47. The predicted molar refractivity (Wildman–Crippen MR) is 55.7 cm³/mol. The first-order chi connectivity index (χ1) is 6.27. The summed E-state index contributed by atoms with van der Waals surface area (Å²) in [6.45, 7) is 6.04. The molecule has 0 aromatic carbocycles. The molecule has 0 aliphatic carbocycles. The lowest BCUT2D eigenvalue weighted by molar-refractivity contribution is 0.942. The molecule has 2 heterocycles. The second-order valence-electron chi connectivity index (χ2n) is 2.62. The second kappa shape index (κ2) is 3.94. The lowest BCUT2D eigenvalue weighted by Gasteiger charge is -1.95. The van der Waals surface area contributed by atoms with Gasteiger partial charge in [0.1, 0.15) is 0 Å². The van der Waals surface area contributed by atoms with E-state index in [1.54, 1.807) is 6.20 Å². The highest BCUT2D eigenvalue weighted by molar-refractivity contribution is 5.59. The fourth-order valence-electron chi connectivity index (χ4n) is 1.13. The number of nitrogens with two attached hydrogens (primary N) is 1. The lowest BCUT2D eigenvalue weighted by Crippen LogP contribution is -1.92. The van der Waals surface area contributed by atoms with Crippen LogP contribution in [0.4, 0.5) is 5.69 Å². The van der Waals surface area contributed by atoms with Crippen molar-refractivity contribution in [3.63, 3.8) is 0 Å². The maximum atomic E-state index is 5.58. The van der Waals surface area contributed by atoms with Gasteiger partial charge in [0.25, 0.3) is 0 Å². The van der Waals surface area contributed by atoms with E-state index >= 15 is 0 Å². The molecule has 0 aliphatic rings. The maximum Gasteiger partial charge on any atom is 0.0709 e. The Hall–Kier alpha value is -1.51. The standard InChI is InChI=1S/C8H9N3.C2H6/c1-6-2-3-11-8(6)4-7(9)5-10-11;1-2/h2-5H,9H2,1H3;1-2H3. The molecule has 0 saturated heterocycles. The smallest absolute Gasteiger partial charge is 0.0709 e. The topological polar surface area (TPSA) is 43.3 Å². The molecule has 0 unspecified atom stereocenters. The summed E-state index contributed by atoms with van der Waals surface area (Å²) in [6.07, 6.45) is 3.57. The van der Waals surface area contributed by atoms with Gasteiger partial charge in [-0.3, -0.25) is 0 Å². The van der Waals surface area contributed by atoms with Crippen LogP contribution in [0.3, 0.4) is 0 Å². The lowest BCUT2D eigenvalue weighted by atomic mass is 10.3. The van der Waals surface area contributed by atoms with Crippen molar-refractivity contribution in [2.45, 2.75) is 20.8 Å². The molecular weight excluding hydrogens is 162 g/mol. The Morgan fingerprint density at radius 1 is 1.38 bits per heavy atom. The van der Waals surface area contributed by atoms with E-state index in [0.29, 0.717) is 5.69 Å². The molecule has 3 heteroatoms. The summed E-state index contributed by atoms with van der Waals surface area (Å²) in [4.78, 5) is 0. The van der Waals surface area contributed by atoms with E-state index in [4.69, 9.17) is 5.73 Å². The molecule has 0 aliphatic heterocycles. The molecule has 0 spiro atoms. The first kappa shape index (κ1) is 9.58. The average Bonchev–Trinajstić information content (AvgIpc) is 2.52. The van der Waals surface area contributed by atoms with Crippen molar-refractivity contribution < 1.29 is 0 Å². The summed E-state index contributed by atoms with van der Waals surface area (Å²) < 4.78 is 1.81. The largest absolute Gasteiger partial charge is 0.397 e. The predicted octanol–water partition coefficient (Wildman–Crippen LogP) is 2.25. The molecule has 2 N–H and O–H groups in total. The zero-order valence-corrected chi connectivity index (χ0v) is 8.28. The van der Waals surface area contributed by atoms with Crippen LogP contribution in [0.5, 0.6) is 0 Å². The molecule has 0 saturated carbocycles. The number of rotatable bonds is 0. The molecule has 0 bridgehead atoms. The van der Waals surface area contributed by atoms with Crippen molar-refractivity contribution in [3.05, 3.63) is 30.1 Å². The van der Waals surface area contributed by atoms with Crippen LogP contribution in [0.25, 0.3) is 5.52 Å². The van der Waals surface area contributed by atoms with Gasteiger partial charge < -0.3 is 5.73 Å². The number of anilines is 1. The van der Waals surface area contributed by atoms with Crippen molar-refractivity contribution >= 4 is 11.2 Å². The van der Waals surface area contributed by atoms with Crippen molar-refractivity contribution in [1.82, 2.24) is 9.61 Å². The van der Waals surface area contributed by atoms with Gasteiger partial charge in [-0.15, -0.1) is 0 Å². The van der Waals surface area contributed by atoms with Gasteiger partial charge in [-0.2, -0.15) is 5.10 Å². The monoisotopic (exact) mass is 177 g/mol. The van der Waals surface area contributed by atoms with Gasteiger partial charge in [0.15, 0.2) is 0 Å². The van der Waals surface area contributed by atoms with E-state index in [9.17, 15) is 0 Å². The number of fused-ring (bicyclic) bond motifs is 1. The third-order valence-electron chi connectivity index (χ3n) is 1.75. The zero-order valence-electron chi connectivity index (χ0n) is 8.28. The van der Waals surface area contributed by atoms with Crippen LogP contribution in [-0.4, -0.2) is 9.61 Å².